The summed E-state index contributed by atoms with van der Waals surface area (Å²) in [4.78, 5) is 30.8. The second-order valence-electron chi connectivity index (χ2n) is 8.08. The fourth-order valence-electron chi connectivity index (χ4n) is 4.19. The number of imidazole rings is 1. The van der Waals surface area contributed by atoms with E-state index in [2.05, 4.69) is 59.7 Å². The number of nitrogens with one attached hydrogen (secondary N) is 1. The van der Waals surface area contributed by atoms with E-state index in [9.17, 15) is 4.79 Å². The molecule has 7 heteroatoms. The quantitative estimate of drug-likeness (QED) is 0.511. The van der Waals surface area contributed by atoms with Crippen molar-refractivity contribution >= 4 is 5.82 Å². The Labute approximate surface area is 186 Å². The summed E-state index contributed by atoms with van der Waals surface area (Å²) in [5.74, 6) is 1.47. The summed E-state index contributed by atoms with van der Waals surface area (Å²) in [5, 5.41) is 0. The standard InChI is InChI=1S/C25H26N6O/c1-2-20-14-24(32)29-25(28-20)19-8-9-23(26-15-19)30-13-11-22-21(16-30)27-17-31(22)12-10-18-6-4-3-5-7-18/h3-9,14-15,17H,2,10-13,16H2,1H3,(H,28,29,32). The lowest BCUT2D eigenvalue weighted by Gasteiger charge is -2.28. The lowest BCUT2D eigenvalue weighted by molar-refractivity contribution is 0.622. The van der Waals surface area contributed by atoms with E-state index in [0.29, 0.717) is 5.82 Å². The molecule has 4 heterocycles. The number of hydrogen-bond acceptors (Lipinski definition) is 5. The first-order valence-electron chi connectivity index (χ1n) is 11.1. The molecule has 4 aromatic rings. The fourth-order valence-corrected chi connectivity index (χ4v) is 4.19. The zero-order valence-electron chi connectivity index (χ0n) is 18.2. The molecule has 0 radical (unpaired) electrons. The summed E-state index contributed by atoms with van der Waals surface area (Å²) >= 11 is 0. The lowest BCUT2D eigenvalue weighted by Crippen LogP contribution is -2.32. The molecule has 0 unspecified atom stereocenters. The summed E-state index contributed by atoms with van der Waals surface area (Å²) in [5.41, 5.74) is 5.24. The minimum absolute atomic E-state index is 0.137. The molecule has 162 valence electrons. The first-order chi connectivity index (χ1) is 15.7. The molecule has 3 aromatic heterocycles. The van der Waals surface area contributed by atoms with Crippen molar-refractivity contribution < 1.29 is 0 Å². The molecule has 0 saturated heterocycles. The first kappa shape index (κ1) is 20.2. The molecule has 0 saturated carbocycles. The fraction of sp³-hybridized carbons (Fsp3) is 0.280. The van der Waals surface area contributed by atoms with Gasteiger partial charge in [-0.2, -0.15) is 0 Å². The van der Waals surface area contributed by atoms with Gasteiger partial charge in [0.25, 0.3) is 5.56 Å². The van der Waals surface area contributed by atoms with Crippen LogP contribution in [0.4, 0.5) is 5.82 Å². The molecule has 5 rings (SSSR count). The van der Waals surface area contributed by atoms with E-state index in [1.807, 2.05) is 25.4 Å². The van der Waals surface area contributed by atoms with Gasteiger partial charge in [-0.1, -0.05) is 37.3 Å². The number of fused-ring (bicyclic) bond motifs is 1. The first-order valence-corrected chi connectivity index (χ1v) is 11.1. The molecule has 0 fully saturated rings. The van der Waals surface area contributed by atoms with E-state index in [0.717, 1.165) is 61.7 Å². The van der Waals surface area contributed by atoms with Crippen LogP contribution in [0.3, 0.4) is 0 Å². The maximum absolute atomic E-state index is 11.9. The van der Waals surface area contributed by atoms with Gasteiger partial charge in [-0.3, -0.25) is 4.79 Å². The van der Waals surface area contributed by atoms with E-state index in [-0.39, 0.29) is 5.56 Å². The van der Waals surface area contributed by atoms with Crippen LogP contribution in [0.5, 0.6) is 0 Å². The van der Waals surface area contributed by atoms with Crippen molar-refractivity contribution in [3.05, 3.63) is 94.1 Å². The molecule has 0 aliphatic carbocycles. The Hall–Kier alpha value is -3.74. The summed E-state index contributed by atoms with van der Waals surface area (Å²) in [6.07, 6.45) is 6.42. The van der Waals surface area contributed by atoms with E-state index in [4.69, 9.17) is 0 Å². The van der Waals surface area contributed by atoms with Gasteiger partial charge in [0.15, 0.2) is 0 Å². The predicted molar refractivity (Wildman–Crippen MR) is 125 cm³/mol. The van der Waals surface area contributed by atoms with Gasteiger partial charge >= 0.3 is 0 Å². The Morgan fingerprint density at radius 3 is 2.75 bits per heavy atom. The zero-order valence-corrected chi connectivity index (χ0v) is 18.2. The number of hydrogen-bond donors (Lipinski definition) is 1. The maximum Gasteiger partial charge on any atom is 0.251 e. The summed E-state index contributed by atoms with van der Waals surface area (Å²) < 4.78 is 2.29. The van der Waals surface area contributed by atoms with Gasteiger partial charge in [0.1, 0.15) is 11.6 Å². The Balaban J connectivity index is 1.28. The van der Waals surface area contributed by atoms with Crippen molar-refractivity contribution in [3.63, 3.8) is 0 Å². The third-order valence-corrected chi connectivity index (χ3v) is 5.98. The summed E-state index contributed by atoms with van der Waals surface area (Å²) in [6.45, 7) is 4.58. The van der Waals surface area contributed by atoms with Crippen molar-refractivity contribution in [1.82, 2.24) is 24.5 Å². The molecule has 0 amide bonds. The van der Waals surface area contributed by atoms with Gasteiger partial charge in [-0.05, 0) is 30.5 Å². The molecule has 1 aromatic carbocycles. The highest BCUT2D eigenvalue weighted by Crippen LogP contribution is 2.24. The SMILES string of the molecule is CCc1cc(=O)[nH]c(-c2ccc(N3CCc4c(ncn4CCc4ccccc4)C3)nc2)n1. The van der Waals surface area contributed by atoms with Crippen molar-refractivity contribution in [1.29, 1.82) is 0 Å². The van der Waals surface area contributed by atoms with Gasteiger partial charge in [0.05, 0.1) is 18.6 Å². The van der Waals surface area contributed by atoms with Crippen molar-refractivity contribution in [2.75, 3.05) is 11.4 Å². The van der Waals surface area contributed by atoms with Crippen LogP contribution >= 0.6 is 0 Å². The van der Waals surface area contributed by atoms with Crippen LogP contribution in [0.1, 0.15) is 29.6 Å². The number of aromatic nitrogens is 5. The second kappa shape index (κ2) is 8.78. The molecule has 7 nitrogen and oxygen atoms in total. The van der Waals surface area contributed by atoms with Crippen LogP contribution in [0.25, 0.3) is 11.4 Å². The largest absolute Gasteiger partial charge is 0.350 e. The van der Waals surface area contributed by atoms with Gasteiger partial charge in [0.2, 0.25) is 0 Å². The molecule has 1 aliphatic heterocycles. The average Bonchev–Trinajstić information content (AvgIpc) is 3.25. The highest BCUT2D eigenvalue weighted by atomic mass is 16.1. The van der Waals surface area contributed by atoms with E-state index >= 15 is 0 Å². The minimum Gasteiger partial charge on any atom is -0.350 e. The highest BCUT2D eigenvalue weighted by Gasteiger charge is 2.22. The Kier molecular flexibility index (Phi) is 5.54. The summed E-state index contributed by atoms with van der Waals surface area (Å²) in [6, 6.07) is 16.1. The molecule has 1 aliphatic rings. The van der Waals surface area contributed by atoms with E-state index < -0.39 is 0 Å². The average molecular weight is 427 g/mol. The molecular weight excluding hydrogens is 400 g/mol. The Morgan fingerprint density at radius 2 is 1.97 bits per heavy atom. The van der Waals surface area contributed by atoms with Crippen LogP contribution in [0.2, 0.25) is 0 Å². The van der Waals surface area contributed by atoms with Crippen LogP contribution in [-0.2, 0) is 32.4 Å². The van der Waals surface area contributed by atoms with E-state index in [1.54, 1.807) is 6.20 Å². The number of rotatable bonds is 6. The monoisotopic (exact) mass is 426 g/mol. The summed E-state index contributed by atoms with van der Waals surface area (Å²) in [7, 11) is 0. The van der Waals surface area contributed by atoms with Gasteiger partial charge < -0.3 is 14.5 Å². The lowest BCUT2D eigenvalue weighted by atomic mass is 10.1. The number of nitrogens with zero attached hydrogens (tertiary/aromatic N) is 5. The van der Waals surface area contributed by atoms with Crippen molar-refractivity contribution in [2.24, 2.45) is 0 Å². The van der Waals surface area contributed by atoms with Crippen LogP contribution in [0, 0.1) is 0 Å². The van der Waals surface area contributed by atoms with Crippen LogP contribution in [-0.4, -0.2) is 31.0 Å². The van der Waals surface area contributed by atoms with Crippen LogP contribution < -0.4 is 10.5 Å². The number of anilines is 1. The Morgan fingerprint density at radius 1 is 1.09 bits per heavy atom. The Bertz CT molecular complexity index is 1260. The van der Waals surface area contributed by atoms with Crippen molar-refractivity contribution in [3.8, 4) is 11.4 Å². The predicted octanol–water partition coefficient (Wildman–Crippen LogP) is 3.40. The molecule has 0 spiro atoms. The normalized spacial score (nSPS) is 13.2. The number of H-pyrrole nitrogens is 1. The smallest absolute Gasteiger partial charge is 0.251 e. The van der Waals surface area contributed by atoms with Gasteiger partial charge in [-0.25, -0.2) is 15.0 Å². The maximum atomic E-state index is 11.9. The second-order valence-corrected chi connectivity index (χ2v) is 8.08. The third-order valence-electron chi connectivity index (χ3n) is 5.98. The molecule has 0 atom stereocenters. The molecule has 0 bridgehead atoms. The molecular formula is C25H26N6O. The van der Waals surface area contributed by atoms with Crippen LogP contribution in [0.15, 0.2) is 65.8 Å². The number of pyridine rings is 1. The topological polar surface area (TPSA) is 79.7 Å². The van der Waals surface area contributed by atoms with Gasteiger partial charge in [0, 0.05) is 48.7 Å². The van der Waals surface area contributed by atoms with E-state index in [1.165, 1.54) is 17.3 Å². The number of aromatic amines is 1. The molecule has 32 heavy (non-hydrogen) atoms. The number of benzene rings is 1. The number of aryl methyl sites for hydroxylation is 3. The van der Waals surface area contributed by atoms with Gasteiger partial charge in [-0.15, -0.1) is 0 Å². The molecule has 1 N–H and O–H groups in total. The third kappa shape index (κ3) is 4.19. The minimum atomic E-state index is -0.137. The highest BCUT2D eigenvalue weighted by molar-refractivity contribution is 5.56. The zero-order chi connectivity index (χ0) is 21.9. The van der Waals surface area contributed by atoms with Crippen molar-refractivity contribution in [2.45, 2.75) is 39.3 Å².